The van der Waals surface area contributed by atoms with Crippen molar-refractivity contribution in [2.24, 2.45) is 0 Å². The van der Waals surface area contributed by atoms with Gasteiger partial charge in [0.05, 0.1) is 24.4 Å². The molecule has 1 atom stereocenters. The lowest BCUT2D eigenvalue weighted by molar-refractivity contribution is -0.153. The van der Waals surface area contributed by atoms with E-state index in [-0.39, 0.29) is 42.0 Å². The topological polar surface area (TPSA) is 71.5 Å². The van der Waals surface area contributed by atoms with Gasteiger partial charge in [0, 0.05) is 12.2 Å². The minimum Gasteiger partial charge on any atom is -0.483 e. The molecule has 0 unspecified atom stereocenters. The van der Waals surface area contributed by atoms with Gasteiger partial charge in [-0.05, 0) is 47.9 Å². The van der Waals surface area contributed by atoms with Crippen LogP contribution < -0.4 is 10.1 Å². The van der Waals surface area contributed by atoms with Crippen LogP contribution in [-0.2, 0) is 11.2 Å². The molecule has 35 heavy (non-hydrogen) atoms. The number of hydrogen-bond acceptors (Lipinski definition) is 4. The number of alkyl halides is 3. The van der Waals surface area contributed by atoms with E-state index in [2.05, 4.69) is 15.0 Å². The third-order valence-corrected chi connectivity index (χ3v) is 4.90. The Labute approximate surface area is 196 Å². The second kappa shape index (κ2) is 11.2. The summed E-state index contributed by atoms with van der Waals surface area (Å²) in [5.41, 5.74) is 0.752. The molecular weight excluding hydrogens is 478 g/mol. The maximum Gasteiger partial charge on any atom is 0.422 e. The highest BCUT2D eigenvalue weighted by atomic mass is 19.4. The van der Waals surface area contributed by atoms with E-state index in [1.54, 1.807) is 0 Å². The predicted molar refractivity (Wildman–Crippen MR) is 114 cm³/mol. The summed E-state index contributed by atoms with van der Waals surface area (Å²) in [5, 5.41) is 12.0. The first kappa shape index (κ1) is 26.0. The van der Waals surface area contributed by atoms with Gasteiger partial charge in [0.1, 0.15) is 11.6 Å². The second-order valence-corrected chi connectivity index (χ2v) is 7.57. The highest BCUT2D eigenvalue weighted by molar-refractivity contribution is 5.79. The average molecular weight is 498 g/mol. The molecule has 0 aliphatic rings. The van der Waals surface area contributed by atoms with E-state index in [1.165, 1.54) is 30.3 Å². The van der Waals surface area contributed by atoms with Crippen molar-refractivity contribution in [2.75, 3.05) is 13.2 Å². The van der Waals surface area contributed by atoms with E-state index in [1.807, 2.05) is 0 Å². The molecule has 0 saturated carbocycles. The first-order valence-electron chi connectivity index (χ1n) is 10.4. The SMILES string of the molecule is O=C(Cc1ccc(-c2ccc(F)c(F)c2)c(F)c1)N[C@H](CCO)c1ccc(OCC(F)(F)F)cn1. The molecule has 1 aromatic heterocycles. The van der Waals surface area contributed by atoms with Gasteiger partial charge in [-0.3, -0.25) is 9.78 Å². The highest BCUT2D eigenvalue weighted by Gasteiger charge is 2.28. The van der Waals surface area contributed by atoms with Gasteiger partial charge in [0.15, 0.2) is 18.2 Å². The number of nitrogens with zero attached hydrogens (tertiary/aromatic N) is 1. The van der Waals surface area contributed by atoms with Crippen LogP contribution in [0, 0.1) is 17.5 Å². The number of carbonyl (C=O) groups is 1. The Hall–Kier alpha value is -3.60. The van der Waals surface area contributed by atoms with Gasteiger partial charge >= 0.3 is 6.18 Å². The molecule has 0 saturated heterocycles. The van der Waals surface area contributed by atoms with Crippen LogP contribution in [0.5, 0.6) is 5.75 Å². The molecule has 1 heterocycles. The fraction of sp³-hybridized carbons (Fsp3) is 0.250. The predicted octanol–water partition coefficient (Wildman–Crippen LogP) is 4.89. The normalized spacial score (nSPS) is 12.3. The van der Waals surface area contributed by atoms with Crippen molar-refractivity contribution >= 4 is 5.91 Å². The summed E-state index contributed by atoms with van der Waals surface area (Å²) in [7, 11) is 0. The Morgan fingerprint density at radius 2 is 1.77 bits per heavy atom. The van der Waals surface area contributed by atoms with E-state index < -0.39 is 42.2 Å². The number of hydrogen-bond donors (Lipinski definition) is 2. The maximum absolute atomic E-state index is 14.6. The molecule has 5 nitrogen and oxygen atoms in total. The number of ether oxygens (including phenoxy) is 1. The molecule has 11 heteroatoms. The Morgan fingerprint density at radius 1 is 1.00 bits per heavy atom. The minimum atomic E-state index is -4.50. The molecular formula is C24H20F6N2O3. The van der Waals surface area contributed by atoms with Crippen LogP contribution in [0.4, 0.5) is 26.3 Å². The zero-order valence-corrected chi connectivity index (χ0v) is 18.1. The van der Waals surface area contributed by atoms with Gasteiger partial charge < -0.3 is 15.2 Å². The second-order valence-electron chi connectivity index (χ2n) is 7.57. The zero-order valence-electron chi connectivity index (χ0n) is 18.1. The van der Waals surface area contributed by atoms with Gasteiger partial charge in [0.2, 0.25) is 5.91 Å². The first-order valence-corrected chi connectivity index (χ1v) is 10.4. The lowest BCUT2D eigenvalue weighted by Gasteiger charge is -2.18. The largest absolute Gasteiger partial charge is 0.483 e. The number of amides is 1. The fourth-order valence-corrected chi connectivity index (χ4v) is 3.27. The summed E-state index contributed by atoms with van der Waals surface area (Å²) < 4.78 is 82.5. The van der Waals surface area contributed by atoms with E-state index in [0.29, 0.717) is 5.56 Å². The smallest absolute Gasteiger partial charge is 0.422 e. The summed E-state index contributed by atoms with van der Waals surface area (Å²) >= 11 is 0. The molecule has 3 aromatic rings. The maximum atomic E-state index is 14.6. The van der Waals surface area contributed by atoms with Gasteiger partial charge in [-0.2, -0.15) is 13.2 Å². The van der Waals surface area contributed by atoms with Gasteiger partial charge in [-0.1, -0.05) is 18.2 Å². The van der Waals surface area contributed by atoms with E-state index in [9.17, 15) is 36.2 Å². The molecule has 0 fully saturated rings. The van der Waals surface area contributed by atoms with Crippen molar-refractivity contribution in [3.8, 4) is 16.9 Å². The van der Waals surface area contributed by atoms with Crippen molar-refractivity contribution in [3.05, 3.63) is 83.4 Å². The molecule has 0 aliphatic heterocycles. The van der Waals surface area contributed by atoms with Crippen molar-refractivity contribution in [3.63, 3.8) is 0 Å². The number of aromatic nitrogens is 1. The molecule has 0 bridgehead atoms. The van der Waals surface area contributed by atoms with Crippen molar-refractivity contribution in [2.45, 2.75) is 25.1 Å². The molecule has 0 radical (unpaired) electrons. The summed E-state index contributed by atoms with van der Waals surface area (Å²) in [4.78, 5) is 16.5. The van der Waals surface area contributed by atoms with Crippen LogP contribution >= 0.6 is 0 Å². The van der Waals surface area contributed by atoms with Crippen molar-refractivity contribution in [1.82, 2.24) is 10.3 Å². The number of rotatable bonds is 9. The minimum absolute atomic E-state index is 0.0308. The molecule has 186 valence electrons. The zero-order chi connectivity index (χ0) is 25.6. The lowest BCUT2D eigenvalue weighted by Crippen LogP contribution is -2.31. The number of pyridine rings is 1. The van der Waals surface area contributed by atoms with Crippen molar-refractivity contribution in [1.29, 1.82) is 0 Å². The Balaban J connectivity index is 1.66. The molecule has 2 aromatic carbocycles. The average Bonchev–Trinajstić information content (AvgIpc) is 2.79. The third-order valence-electron chi connectivity index (χ3n) is 4.90. The van der Waals surface area contributed by atoms with Gasteiger partial charge in [-0.25, -0.2) is 13.2 Å². The van der Waals surface area contributed by atoms with E-state index >= 15 is 0 Å². The number of aliphatic hydroxyl groups is 1. The molecule has 1 amide bonds. The number of aliphatic hydroxyl groups excluding tert-OH is 1. The third kappa shape index (κ3) is 7.44. The van der Waals surface area contributed by atoms with Gasteiger partial charge in [-0.15, -0.1) is 0 Å². The Kier molecular flexibility index (Phi) is 8.34. The monoisotopic (exact) mass is 498 g/mol. The summed E-state index contributed by atoms with van der Waals surface area (Å²) in [6.07, 6.45) is -3.59. The number of benzene rings is 2. The lowest BCUT2D eigenvalue weighted by atomic mass is 10.0. The standard InChI is InChI=1S/C24H20F6N2O3/c25-18-5-2-15(11-20(18)27)17-4-1-14(9-19(17)26)10-23(34)32-22(7-8-33)21-6-3-16(12-31-21)35-13-24(28,29)30/h1-6,9,11-12,22,33H,7-8,10,13H2,(H,32,34)/t22-/m1/s1. The van der Waals surface area contributed by atoms with Crippen LogP contribution in [0.2, 0.25) is 0 Å². The quantitative estimate of drug-likeness (QED) is 0.413. The highest BCUT2D eigenvalue weighted by Crippen LogP contribution is 2.26. The molecule has 0 spiro atoms. The Morgan fingerprint density at radius 3 is 2.37 bits per heavy atom. The van der Waals surface area contributed by atoms with Crippen LogP contribution in [0.25, 0.3) is 11.1 Å². The molecule has 3 rings (SSSR count). The van der Waals surface area contributed by atoms with Crippen LogP contribution in [0.3, 0.4) is 0 Å². The van der Waals surface area contributed by atoms with Crippen LogP contribution in [-0.4, -0.2) is 35.4 Å². The summed E-state index contributed by atoms with van der Waals surface area (Å²) in [5.74, 6) is -3.55. The fourth-order valence-electron chi connectivity index (χ4n) is 3.27. The van der Waals surface area contributed by atoms with Crippen LogP contribution in [0.1, 0.15) is 23.7 Å². The van der Waals surface area contributed by atoms with E-state index in [0.717, 1.165) is 24.4 Å². The number of carbonyl (C=O) groups excluding carboxylic acids is 1. The Bertz CT molecular complexity index is 1170. The van der Waals surface area contributed by atoms with Crippen molar-refractivity contribution < 1.29 is 41.0 Å². The first-order chi connectivity index (χ1) is 16.6. The number of halogens is 6. The van der Waals surface area contributed by atoms with Gasteiger partial charge in [0.25, 0.3) is 0 Å². The number of nitrogens with one attached hydrogen (secondary N) is 1. The van der Waals surface area contributed by atoms with Crippen LogP contribution in [0.15, 0.2) is 54.7 Å². The van der Waals surface area contributed by atoms with E-state index in [4.69, 9.17) is 0 Å². The molecule has 0 aliphatic carbocycles. The molecule has 2 N–H and O–H groups in total. The summed E-state index contributed by atoms with van der Waals surface area (Å²) in [6, 6.07) is 8.76. The summed E-state index contributed by atoms with van der Waals surface area (Å²) in [6.45, 7) is -1.78.